The summed E-state index contributed by atoms with van der Waals surface area (Å²) in [5, 5.41) is 15.0. The Kier molecular flexibility index (Phi) is 4.39. The van der Waals surface area contributed by atoms with Crippen LogP contribution < -0.4 is 11.1 Å². The Hall–Kier alpha value is -0.770. The van der Waals surface area contributed by atoms with Crippen LogP contribution >= 0.6 is 0 Å². The molecule has 4 N–H and O–H groups in total. The highest BCUT2D eigenvalue weighted by atomic mass is 16.4. The molecule has 15 heavy (non-hydrogen) atoms. The van der Waals surface area contributed by atoms with Gasteiger partial charge in [-0.3, -0.25) is 0 Å². The van der Waals surface area contributed by atoms with Crippen molar-refractivity contribution >= 4 is 5.84 Å². The SMILES string of the molecule is CCC1CCC(NC(C)C(N)=NO)C1C. The van der Waals surface area contributed by atoms with Crippen LogP contribution in [0.1, 0.15) is 40.0 Å². The van der Waals surface area contributed by atoms with E-state index in [4.69, 9.17) is 10.9 Å². The normalized spacial score (nSPS) is 34.3. The van der Waals surface area contributed by atoms with Crippen molar-refractivity contribution in [2.75, 3.05) is 0 Å². The first kappa shape index (κ1) is 12.3. The van der Waals surface area contributed by atoms with Gasteiger partial charge in [0.15, 0.2) is 5.84 Å². The fourth-order valence-corrected chi connectivity index (χ4v) is 2.55. The molecule has 0 amide bonds. The summed E-state index contributed by atoms with van der Waals surface area (Å²) in [4.78, 5) is 0. The molecule has 4 heteroatoms. The maximum atomic E-state index is 8.57. The van der Waals surface area contributed by atoms with Crippen molar-refractivity contribution < 1.29 is 5.21 Å². The molecule has 0 bridgehead atoms. The molecule has 0 aromatic heterocycles. The third-order valence-electron chi connectivity index (χ3n) is 3.77. The van der Waals surface area contributed by atoms with E-state index in [1.807, 2.05) is 6.92 Å². The second-order valence-corrected chi connectivity index (χ2v) is 4.62. The van der Waals surface area contributed by atoms with Gasteiger partial charge in [-0.05, 0) is 31.6 Å². The Balaban J connectivity index is 2.46. The monoisotopic (exact) mass is 213 g/mol. The van der Waals surface area contributed by atoms with Crippen LogP contribution in [0.4, 0.5) is 0 Å². The van der Waals surface area contributed by atoms with Crippen LogP contribution in [-0.2, 0) is 0 Å². The Morgan fingerprint density at radius 2 is 2.27 bits per heavy atom. The van der Waals surface area contributed by atoms with E-state index in [2.05, 4.69) is 24.3 Å². The van der Waals surface area contributed by atoms with E-state index >= 15 is 0 Å². The Morgan fingerprint density at radius 1 is 1.60 bits per heavy atom. The lowest BCUT2D eigenvalue weighted by atomic mass is 9.93. The highest BCUT2D eigenvalue weighted by Gasteiger charge is 2.32. The summed E-state index contributed by atoms with van der Waals surface area (Å²) in [6.07, 6.45) is 3.73. The number of nitrogens with two attached hydrogens (primary N) is 1. The lowest BCUT2D eigenvalue weighted by Crippen LogP contribution is -2.46. The molecule has 0 aliphatic heterocycles. The van der Waals surface area contributed by atoms with Crippen LogP contribution in [0.2, 0.25) is 0 Å². The van der Waals surface area contributed by atoms with Gasteiger partial charge in [-0.2, -0.15) is 0 Å². The maximum absolute atomic E-state index is 8.57. The van der Waals surface area contributed by atoms with Gasteiger partial charge in [0.25, 0.3) is 0 Å². The van der Waals surface area contributed by atoms with E-state index in [9.17, 15) is 0 Å². The van der Waals surface area contributed by atoms with Gasteiger partial charge in [-0.15, -0.1) is 0 Å². The molecule has 0 aromatic rings. The van der Waals surface area contributed by atoms with Crippen LogP contribution in [0.15, 0.2) is 5.16 Å². The van der Waals surface area contributed by atoms with Crippen molar-refractivity contribution in [2.45, 2.75) is 52.1 Å². The molecule has 4 nitrogen and oxygen atoms in total. The molecule has 0 saturated heterocycles. The first-order valence-electron chi connectivity index (χ1n) is 5.83. The summed E-state index contributed by atoms with van der Waals surface area (Å²) in [6.45, 7) is 6.47. The predicted molar refractivity (Wildman–Crippen MR) is 62.0 cm³/mol. The van der Waals surface area contributed by atoms with E-state index < -0.39 is 0 Å². The van der Waals surface area contributed by atoms with E-state index in [0.29, 0.717) is 12.0 Å². The molecule has 4 unspecified atom stereocenters. The number of amidine groups is 1. The topological polar surface area (TPSA) is 70.6 Å². The lowest BCUT2D eigenvalue weighted by molar-refractivity contribution is 0.309. The Labute approximate surface area is 91.9 Å². The van der Waals surface area contributed by atoms with Gasteiger partial charge >= 0.3 is 0 Å². The number of oxime groups is 1. The summed E-state index contributed by atoms with van der Waals surface area (Å²) >= 11 is 0. The average molecular weight is 213 g/mol. The van der Waals surface area contributed by atoms with Crippen molar-refractivity contribution in [1.29, 1.82) is 0 Å². The Morgan fingerprint density at radius 3 is 2.73 bits per heavy atom. The molecule has 0 spiro atoms. The Bertz CT molecular complexity index is 230. The molecule has 0 aromatic carbocycles. The highest BCUT2D eigenvalue weighted by Crippen LogP contribution is 2.33. The maximum Gasteiger partial charge on any atom is 0.156 e. The minimum absolute atomic E-state index is 0.0435. The zero-order valence-corrected chi connectivity index (χ0v) is 9.90. The number of nitrogens with one attached hydrogen (secondary N) is 1. The molecule has 0 radical (unpaired) electrons. The predicted octanol–water partition coefficient (Wildman–Crippen LogP) is 1.54. The third-order valence-corrected chi connectivity index (χ3v) is 3.77. The largest absolute Gasteiger partial charge is 0.409 e. The first-order valence-corrected chi connectivity index (χ1v) is 5.83. The van der Waals surface area contributed by atoms with Crippen molar-refractivity contribution in [3.05, 3.63) is 0 Å². The molecule has 1 rings (SSSR count). The second-order valence-electron chi connectivity index (χ2n) is 4.62. The molecule has 1 fully saturated rings. The summed E-state index contributed by atoms with van der Waals surface area (Å²) < 4.78 is 0. The molecule has 1 aliphatic rings. The van der Waals surface area contributed by atoms with Crippen LogP contribution in [0.5, 0.6) is 0 Å². The number of hydrogen-bond acceptors (Lipinski definition) is 3. The summed E-state index contributed by atoms with van der Waals surface area (Å²) in [7, 11) is 0. The van der Waals surface area contributed by atoms with Gasteiger partial charge in [-0.1, -0.05) is 25.4 Å². The minimum Gasteiger partial charge on any atom is -0.409 e. The van der Waals surface area contributed by atoms with Gasteiger partial charge in [0.05, 0.1) is 6.04 Å². The number of hydrogen-bond donors (Lipinski definition) is 3. The van der Waals surface area contributed by atoms with Gasteiger partial charge in [0.1, 0.15) is 0 Å². The van der Waals surface area contributed by atoms with Crippen LogP contribution in [0.3, 0.4) is 0 Å². The molecule has 1 saturated carbocycles. The zero-order chi connectivity index (χ0) is 11.4. The fourth-order valence-electron chi connectivity index (χ4n) is 2.55. The number of rotatable bonds is 4. The van der Waals surface area contributed by atoms with Crippen LogP contribution in [0, 0.1) is 11.8 Å². The van der Waals surface area contributed by atoms with Crippen molar-refractivity contribution in [3.63, 3.8) is 0 Å². The van der Waals surface area contributed by atoms with Crippen molar-refractivity contribution in [1.82, 2.24) is 5.32 Å². The third kappa shape index (κ3) is 2.84. The second kappa shape index (κ2) is 5.35. The van der Waals surface area contributed by atoms with Crippen molar-refractivity contribution in [3.8, 4) is 0 Å². The van der Waals surface area contributed by atoms with Crippen LogP contribution in [-0.4, -0.2) is 23.1 Å². The molecule has 0 heterocycles. The molecule has 1 aliphatic carbocycles. The van der Waals surface area contributed by atoms with E-state index in [0.717, 1.165) is 5.92 Å². The van der Waals surface area contributed by atoms with E-state index in [1.165, 1.54) is 19.3 Å². The summed E-state index contributed by atoms with van der Waals surface area (Å²) in [5.41, 5.74) is 5.54. The quantitative estimate of drug-likeness (QED) is 0.287. The van der Waals surface area contributed by atoms with Gasteiger partial charge in [0, 0.05) is 6.04 Å². The zero-order valence-electron chi connectivity index (χ0n) is 9.90. The molecular formula is C11H23N3O. The number of nitrogens with zero attached hydrogens (tertiary/aromatic N) is 1. The summed E-state index contributed by atoms with van der Waals surface area (Å²) in [5.74, 6) is 1.77. The van der Waals surface area contributed by atoms with Gasteiger partial charge < -0.3 is 16.3 Å². The van der Waals surface area contributed by atoms with Gasteiger partial charge in [0.2, 0.25) is 0 Å². The minimum atomic E-state index is -0.0435. The molecule has 4 atom stereocenters. The smallest absolute Gasteiger partial charge is 0.156 e. The fraction of sp³-hybridized carbons (Fsp3) is 0.909. The summed E-state index contributed by atoms with van der Waals surface area (Å²) in [6, 6.07) is 0.461. The molecular weight excluding hydrogens is 190 g/mol. The lowest BCUT2D eigenvalue weighted by Gasteiger charge is -2.24. The van der Waals surface area contributed by atoms with Gasteiger partial charge in [-0.25, -0.2) is 0 Å². The highest BCUT2D eigenvalue weighted by molar-refractivity contribution is 5.84. The van der Waals surface area contributed by atoms with E-state index in [-0.39, 0.29) is 11.9 Å². The molecule has 88 valence electrons. The first-order chi connectivity index (χ1) is 7.10. The van der Waals surface area contributed by atoms with Crippen LogP contribution in [0.25, 0.3) is 0 Å². The standard InChI is InChI=1S/C11H23N3O/c1-4-9-5-6-10(7(9)2)13-8(3)11(12)14-15/h7-10,13,15H,4-6H2,1-3H3,(H2,12,14). The van der Waals surface area contributed by atoms with Crippen molar-refractivity contribution in [2.24, 2.45) is 22.7 Å². The van der Waals surface area contributed by atoms with E-state index in [1.54, 1.807) is 0 Å². The average Bonchev–Trinajstić information content (AvgIpc) is 2.58.